The van der Waals surface area contributed by atoms with Crippen molar-refractivity contribution < 1.29 is 9.36 Å². The summed E-state index contributed by atoms with van der Waals surface area (Å²) in [7, 11) is 1.94. The van der Waals surface area contributed by atoms with Crippen LogP contribution >= 0.6 is 0 Å². The Kier molecular flexibility index (Phi) is 2.86. The van der Waals surface area contributed by atoms with E-state index < -0.39 is 0 Å². The summed E-state index contributed by atoms with van der Waals surface area (Å²) in [6.45, 7) is 0. The molecule has 3 aliphatic rings. The zero-order chi connectivity index (χ0) is 13.7. The van der Waals surface area contributed by atoms with E-state index in [0.717, 1.165) is 23.7 Å². The number of rotatable bonds is 1. The van der Waals surface area contributed by atoms with E-state index in [1.807, 2.05) is 30.3 Å². The number of aromatic nitrogens is 2. The summed E-state index contributed by atoms with van der Waals surface area (Å²) in [5.41, 5.74) is 0. The van der Waals surface area contributed by atoms with Gasteiger partial charge in [-0.3, -0.25) is 0 Å². The van der Waals surface area contributed by atoms with Gasteiger partial charge in [-0.1, -0.05) is 12.8 Å². The maximum atomic E-state index is 12.4. The fraction of sp³-hybridized carbons (Fsp3) is 0.750. The van der Waals surface area contributed by atoms with Crippen molar-refractivity contribution in [2.24, 2.45) is 30.7 Å². The van der Waals surface area contributed by atoms with Crippen molar-refractivity contribution in [2.45, 2.75) is 44.6 Å². The molecule has 4 rings (SSSR count). The standard InChI is InChI=1S/C16H23N3O/c1-18-5-6-19(10-18)16(20)17-15-12-4-2-3-11-7-14(15)9-13(11)8-12/h5-6,10-15H,2-4,7-9H2,1H3/p+1. The van der Waals surface area contributed by atoms with E-state index in [1.54, 1.807) is 4.57 Å². The van der Waals surface area contributed by atoms with Crippen LogP contribution in [0.25, 0.3) is 0 Å². The Morgan fingerprint density at radius 3 is 2.70 bits per heavy atom. The fourth-order valence-electron chi connectivity index (χ4n) is 5.08. The lowest BCUT2D eigenvalue weighted by atomic mass is 9.75. The van der Waals surface area contributed by atoms with E-state index in [2.05, 4.69) is 5.32 Å². The molecular weight excluding hydrogens is 250 g/mol. The quantitative estimate of drug-likeness (QED) is 0.782. The second-order valence-corrected chi connectivity index (χ2v) is 7.14. The first-order valence-corrected chi connectivity index (χ1v) is 8.05. The first-order valence-electron chi connectivity index (χ1n) is 8.05. The molecule has 1 aromatic rings. The number of fused-ring (bicyclic) bond motifs is 2. The normalized spacial score (nSPS) is 38.8. The highest BCUT2D eigenvalue weighted by Crippen LogP contribution is 2.53. The lowest BCUT2D eigenvalue weighted by Gasteiger charge is -2.36. The summed E-state index contributed by atoms with van der Waals surface area (Å²) in [6, 6.07) is 0.458. The lowest BCUT2D eigenvalue weighted by Crippen LogP contribution is -2.48. The van der Waals surface area contributed by atoms with Gasteiger partial charge >= 0.3 is 6.03 Å². The molecule has 1 N–H and O–H groups in total. The molecule has 3 bridgehead atoms. The highest BCUT2D eigenvalue weighted by atomic mass is 16.2. The summed E-state index contributed by atoms with van der Waals surface area (Å²) < 4.78 is 3.57. The second kappa shape index (κ2) is 4.61. The minimum atomic E-state index is 0.0445. The van der Waals surface area contributed by atoms with Crippen molar-refractivity contribution >= 4 is 6.03 Å². The van der Waals surface area contributed by atoms with Crippen LogP contribution in [0.3, 0.4) is 0 Å². The predicted octanol–water partition coefficient (Wildman–Crippen LogP) is 2.09. The maximum absolute atomic E-state index is 12.4. The third kappa shape index (κ3) is 1.97. The van der Waals surface area contributed by atoms with Crippen molar-refractivity contribution in [3.05, 3.63) is 18.7 Å². The van der Waals surface area contributed by atoms with Gasteiger partial charge in [-0.05, 0) is 49.4 Å². The number of nitrogens with zero attached hydrogens (tertiary/aromatic N) is 2. The van der Waals surface area contributed by atoms with Crippen LogP contribution in [0.4, 0.5) is 4.79 Å². The van der Waals surface area contributed by atoms with Crippen molar-refractivity contribution in [1.82, 2.24) is 9.88 Å². The minimum Gasteiger partial charge on any atom is -0.314 e. The molecule has 0 spiro atoms. The Bertz CT molecular complexity index is 524. The predicted molar refractivity (Wildman–Crippen MR) is 75.0 cm³/mol. The number of amides is 1. The molecule has 4 heteroatoms. The monoisotopic (exact) mass is 274 g/mol. The molecule has 0 aromatic carbocycles. The number of nitrogens with one attached hydrogen (secondary N) is 1. The van der Waals surface area contributed by atoms with Gasteiger partial charge in [0.15, 0.2) is 0 Å². The fourth-order valence-corrected chi connectivity index (χ4v) is 5.08. The molecule has 1 heterocycles. The second-order valence-electron chi connectivity index (χ2n) is 7.14. The molecule has 3 aliphatic carbocycles. The summed E-state index contributed by atoms with van der Waals surface area (Å²) in [6.07, 6.45) is 13.7. The SMILES string of the molecule is C[n+]1ccn(C(=O)NC2C3CCCC4CC2CC4C3)c1. The van der Waals surface area contributed by atoms with E-state index in [-0.39, 0.29) is 6.03 Å². The zero-order valence-electron chi connectivity index (χ0n) is 12.2. The Hall–Kier alpha value is -1.32. The van der Waals surface area contributed by atoms with Gasteiger partial charge in [0.1, 0.15) is 12.4 Å². The van der Waals surface area contributed by atoms with Crippen LogP contribution in [0.2, 0.25) is 0 Å². The van der Waals surface area contributed by atoms with Crippen LogP contribution in [0.15, 0.2) is 18.7 Å². The maximum Gasteiger partial charge on any atom is 0.413 e. The van der Waals surface area contributed by atoms with E-state index in [0.29, 0.717) is 6.04 Å². The largest absolute Gasteiger partial charge is 0.413 e. The molecule has 3 saturated carbocycles. The Labute approximate surface area is 120 Å². The summed E-state index contributed by atoms with van der Waals surface area (Å²) in [4.78, 5) is 12.4. The summed E-state index contributed by atoms with van der Waals surface area (Å²) in [5.74, 6) is 3.37. The van der Waals surface area contributed by atoms with Crippen LogP contribution in [-0.4, -0.2) is 16.6 Å². The molecule has 20 heavy (non-hydrogen) atoms. The third-order valence-electron chi connectivity index (χ3n) is 5.94. The van der Waals surface area contributed by atoms with E-state index >= 15 is 0 Å². The molecule has 3 fully saturated rings. The van der Waals surface area contributed by atoms with Gasteiger partial charge in [-0.25, -0.2) is 9.36 Å². The molecule has 5 unspecified atom stereocenters. The van der Waals surface area contributed by atoms with E-state index in [1.165, 1.54) is 38.5 Å². The van der Waals surface area contributed by atoms with Gasteiger partial charge in [0, 0.05) is 6.04 Å². The number of hydrogen-bond donors (Lipinski definition) is 1. The van der Waals surface area contributed by atoms with Gasteiger partial charge in [0.25, 0.3) is 6.33 Å². The molecule has 4 nitrogen and oxygen atoms in total. The third-order valence-corrected chi connectivity index (χ3v) is 5.94. The Balaban J connectivity index is 1.52. The van der Waals surface area contributed by atoms with Crippen LogP contribution in [0.1, 0.15) is 38.5 Å². The minimum absolute atomic E-state index is 0.0445. The number of aryl methyl sites for hydroxylation is 1. The van der Waals surface area contributed by atoms with Crippen molar-refractivity contribution in [1.29, 1.82) is 0 Å². The van der Waals surface area contributed by atoms with Gasteiger partial charge in [0.2, 0.25) is 0 Å². The zero-order valence-corrected chi connectivity index (χ0v) is 12.2. The molecular formula is C16H24N3O+. The van der Waals surface area contributed by atoms with Crippen molar-refractivity contribution in [2.75, 3.05) is 0 Å². The van der Waals surface area contributed by atoms with Gasteiger partial charge in [-0.2, -0.15) is 4.57 Å². The first-order chi connectivity index (χ1) is 9.70. The average Bonchev–Trinajstić information content (AvgIpc) is 2.95. The van der Waals surface area contributed by atoms with E-state index in [4.69, 9.17) is 0 Å². The first kappa shape index (κ1) is 12.4. The molecule has 0 radical (unpaired) electrons. The Morgan fingerprint density at radius 2 is 1.90 bits per heavy atom. The highest BCUT2D eigenvalue weighted by Gasteiger charge is 2.48. The molecule has 108 valence electrons. The van der Waals surface area contributed by atoms with Crippen LogP contribution in [0, 0.1) is 23.7 Å². The van der Waals surface area contributed by atoms with Crippen LogP contribution in [-0.2, 0) is 7.05 Å². The lowest BCUT2D eigenvalue weighted by molar-refractivity contribution is -0.670. The van der Waals surface area contributed by atoms with Gasteiger partial charge < -0.3 is 5.32 Å². The van der Waals surface area contributed by atoms with Crippen LogP contribution < -0.4 is 9.88 Å². The smallest absolute Gasteiger partial charge is 0.314 e. The summed E-state index contributed by atoms with van der Waals surface area (Å²) >= 11 is 0. The molecule has 0 aliphatic heterocycles. The van der Waals surface area contributed by atoms with Crippen molar-refractivity contribution in [3.8, 4) is 0 Å². The van der Waals surface area contributed by atoms with E-state index in [9.17, 15) is 4.79 Å². The molecule has 0 saturated heterocycles. The molecule has 1 amide bonds. The number of hydrogen-bond acceptors (Lipinski definition) is 1. The van der Waals surface area contributed by atoms with Crippen LogP contribution in [0.5, 0.6) is 0 Å². The average molecular weight is 274 g/mol. The summed E-state index contributed by atoms with van der Waals surface area (Å²) in [5, 5.41) is 3.34. The topological polar surface area (TPSA) is 37.9 Å². The van der Waals surface area contributed by atoms with Gasteiger partial charge in [-0.15, -0.1) is 0 Å². The molecule has 1 aromatic heterocycles. The molecule has 5 atom stereocenters. The number of carbonyl (C=O) groups is 1. The number of imidazole rings is 1. The highest BCUT2D eigenvalue weighted by molar-refractivity contribution is 5.76. The van der Waals surface area contributed by atoms with Gasteiger partial charge in [0.05, 0.1) is 7.05 Å². The Morgan fingerprint density at radius 1 is 1.15 bits per heavy atom. The van der Waals surface area contributed by atoms with Crippen molar-refractivity contribution in [3.63, 3.8) is 0 Å². The number of carbonyl (C=O) groups excluding carboxylic acids is 1.